The van der Waals surface area contributed by atoms with Gasteiger partial charge >= 0.3 is 0 Å². The van der Waals surface area contributed by atoms with Gasteiger partial charge in [-0.3, -0.25) is 14.7 Å². The fraction of sp³-hybridized carbons (Fsp3) is 0.667. The van der Waals surface area contributed by atoms with Crippen LogP contribution in [-0.2, 0) is 4.79 Å². The molecule has 1 heterocycles. The normalized spacial score (nSPS) is 16.4. The molecule has 1 saturated heterocycles. The maximum Gasteiger partial charge on any atom is 0.221 e. The second-order valence-corrected chi connectivity index (χ2v) is 8.16. The molecule has 0 bridgehead atoms. The molecule has 0 spiro atoms. The summed E-state index contributed by atoms with van der Waals surface area (Å²) in [4.78, 5) is 19.4. The number of methoxy groups -OCH3 is 1. The van der Waals surface area contributed by atoms with Gasteiger partial charge in [0.1, 0.15) is 5.75 Å². The number of guanidine groups is 1. The molecule has 1 aromatic rings. The number of piperidine rings is 1. The van der Waals surface area contributed by atoms with Crippen molar-refractivity contribution in [2.75, 3.05) is 39.8 Å². The first-order valence-corrected chi connectivity index (χ1v) is 11.8. The van der Waals surface area contributed by atoms with Crippen LogP contribution in [0.1, 0.15) is 64.5 Å². The molecule has 182 valence electrons. The lowest BCUT2D eigenvalue weighted by Crippen LogP contribution is -2.41. The van der Waals surface area contributed by atoms with E-state index in [1.165, 1.54) is 24.8 Å². The zero-order valence-corrected chi connectivity index (χ0v) is 22.5. The molecule has 1 aliphatic rings. The topological polar surface area (TPSA) is 78.0 Å². The van der Waals surface area contributed by atoms with E-state index in [1.807, 2.05) is 19.1 Å². The van der Waals surface area contributed by atoms with Crippen molar-refractivity contribution in [3.8, 4) is 5.75 Å². The zero-order valence-electron chi connectivity index (χ0n) is 20.2. The van der Waals surface area contributed by atoms with Crippen molar-refractivity contribution >= 4 is 35.8 Å². The highest BCUT2D eigenvalue weighted by atomic mass is 127. The number of carbonyl (C=O) groups excluding carboxylic acids is 1. The second-order valence-electron chi connectivity index (χ2n) is 8.16. The largest absolute Gasteiger partial charge is 0.497 e. The Hall–Kier alpha value is -1.55. The van der Waals surface area contributed by atoms with Crippen LogP contribution in [0.25, 0.3) is 0 Å². The molecule has 2 rings (SSSR count). The average Bonchev–Trinajstić information content (AvgIpc) is 2.80. The maximum absolute atomic E-state index is 12.0. The Labute approximate surface area is 211 Å². The van der Waals surface area contributed by atoms with Gasteiger partial charge in [0.05, 0.1) is 19.7 Å². The fourth-order valence-corrected chi connectivity index (χ4v) is 3.75. The molecule has 0 aliphatic carbocycles. The number of nitrogens with zero attached hydrogens (tertiary/aromatic N) is 2. The number of hydrogen-bond acceptors (Lipinski definition) is 4. The van der Waals surface area contributed by atoms with Crippen LogP contribution in [0.5, 0.6) is 5.75 Å². The lowest BCUT2D eigenvalue weighted by Gasteiger charge is -2.34. The SMILES string of the molecule is CCNC(=NCC(c1ccc(OC)cc1)N1CCCCC1)NCCC(=O)NC(C)CC.I. The zero-order chi connectivity index (χ0) is 22.5. The van der Waals surface area contributed by atoms with Gasteiger partial charge in [-0.05, 0) is 63.9 Å². The summed E-state index contributed by atoms with van der Waals surface area (Å²) in [5, 5.41) is 9.62. The lowest BCUT2D eigenvalue weighted by atomic mass is 10.0. The summed E-state index contributed by atoms with van der Waals surface area (Å²) in [6.45, 7) is 10.4. The van der Waals surface area contributed by atoms with Crippen LogP contribution in [0.4, 0.5) is 0 Å². The predicted molar refractivity (Wildman–Crippen MR) is 143 cm³/mol. The van der Waals surface area contributed by atoms with Gasteiger partial charge in [-0.2, -0.15) is 0 Å². The van der Waals surface area contributed by atoms with Crippen molar-refractivity contribution in [2.45, 2.75) is 65.0 Å². The number of carbonyl (C=O) groups is 1. The first-order valence-electron chi connectivity index (χ1n) is 11.8. The number of halogens is 1. The number of likely N-dealkylation sites (tertiary alicyclic amines) is 1. The smallest absolute Gasteiger partial charge is 0.221 e. The summed E-state index contributed by atoms with van der Waals surface area (Å²) in [5.74, 6) is 1.70. The van der Waals surface area contributed by atoms with E-state index in [1.54, 1.807) is 7.11 Å². The van der Waals surface area contributed by atoms with E-state index in [4.69, 9.17) is 9.73 Å². The Kier molecular flexibility index (Phi) is 14.4. The number of ether oxygens (including phenoxy) is 1. The van der Waals surface area contributed by atoms with Crippen molar-refractivity contribution in [2.24, 2.45) is 4.99 Å². The first-order chi connectivity index (χ1) is 15.1. The molecule has 7 nitrogen and oxygen atoms in total. The number of rotatable bonds is 11. The fourth-order valence-electron chi connectivity index (χ4n) is 3.75. The Morgan fingerprint density at radius 1 is 1.12 bits per heavy atom. The number of hydrogen-bond donors (Lipinski definition) is 3. The summed E-state index contributed by atoms with van der Waals surface area (Å²) >= 11 is 0. The average molecular weight is 560 g/mol. The van der Waals surface area contributed by atoms with E-state index in [0.29, 0.717) is 19.5 Å². The van der Waals surface area contributed by atoms with Crippen molar-refractivity contribution in [3.05, 3.63) is 29.8 Å². The molecular formula is C24H42IN5O2. The molecule has 1 amide bonds. The monoisotopic (exact) mass is 559 g/mol. The number of aliphatic imine (C=N–C) groups is 1. The lowest BCUT2D eigenvalue weighted by molar-refractivity contribution is -0.121. The van der Waals surface area contributed by atoms with Crippen LogP contribution in [0.15, 0.2) is 29.3 Å². The molecule has 1 fully saturated rings. The van der Waals surface area contributed by atoms with E-state index in [9.17, 15) is 4.79 Å². The molecule has 2 atom stereocenters. The van der Waals surface area contributed by atoms with Crippen LogP contribution >= 0.6 is 24.0 Å². The third-order valence-electron chi connectivity index (χ3n) is 5.76. The van der Waals surface area contributed by atoms with Crippen LogP contribution < -0.4 is 20.7 Å². The first kappa shape index (κ1) is 28.5. The third-order valence-corrected chi connectivity index (χ3v) is 5.76. The second kappa shape index (κ2) is 16.1. The van der Waals surface area contributed by atoms with Crippen molar-refractivity contribution < 1.29 is 9.53 Å². The molecular weight excluding hydrogens is 517 g/mol. The summed E-state index contributed by atoms with van der Waals surface area (Å²) in [5.41, 5.74) is 1.26. The molecule has 0 radical (unpaired) electrons. The Morgan fingerprint density at radius 3 is 2.41 bits per heavy atom. The van der Waals surface area contributed by atoms with E-state index in [-0.39, 0.29) is 42.0 Å². The minimum Gasteiger partial charge on any atom is -0.497 e. The molecule has 1 aliphatic heterocycles. The molecule has 3 N–H and O–H groups in total. The van der Waals surface area contributed by atoms with E-state index in [0.717, 1.165) is 37.8 Å². The maximum atomic E-state index is 12.0. The summed E-state index contributed by atoms with van der Waals surface area (Å²) < 4.78 is 5.33. The van der Waals surface area contributed by atoms with Gasteiger partial charge in [0.25, 0.3) is 0 Å². The number of benzene rings is 1. The Balaban J connectivity index is 0.00000512. The van der Waals surface area contributed by atoms with Gasteiger partial charge in [-0.15, -0.1) is 24.0 Å². The van der Waals surface area contributed by atoms with E-state index < -0.39 is 0 Å². The Morgan fingerprint density at radius 2 is 1.81 bits per heavy atom. The van der Waals surface area contributed by atoms with Gasteiger partial charge in [-0.25, -0.2) is 0 Å². The minimum atomic E-state index is 0. The molecule has 32 heavy (non-hydrogen) atoms. The van der Waals surface area contributed by atoms with Crippen LogP contribution in [0.2, 0.25) is 0 Å². The van der Waals surface area contributed by atoms with E-state index >= 15 is 0 Å². The van der Waals surface area contributed by atoms with Crippen LogP contribution in [0, 0.1) is 0 Å². The third kappa shape index (κ3) is 9.94. The predicted octanol–water partition coefficient (Wildman–Crippen LogP) is 3.70. The standard InChI is InChI=1S/C24H41N5O2.HI/c1-5-19(3)28-23(30)14-15-26-24(25-6-2)27-18-22(29-16-8-7-9-17-29)20-10-12-21(31-4)13-11-20;/h10-13,19,22H,5-9,14-18H2,1-4H3,(H,28,30)(H2,25,26,27);1H. The van der Waals surface area contributed by atoms with E-state index in [2.05, 4.69) is 46.8 Å². The molecule has 0 saturated carbocycles. The quantitative estimate of drug-likeness (QED) is 0.219. The van der Waals surface area contributed by atoms with Crippen molar-refractivity contribution in [3.63, 3.8) is 0 Å². The highest BCUT2D eigenvalue weighted by Crippen LogP contribution is 2.26. The summed E-state index contributed by atoms with van der Waals surface area (Å²) in [6, 6.07) is 8.78. The molecule has 0 aromatic heterocycles. The Bertz CT molecular complexity index is 677. The summed E-state index contributed by atoms with van der Waals surface area (Å²) in [7, 11) is 1.69. The minimum absolute atomic E-state index is 0. The van der Waals surface area contributed by atoms with Crippen LogP contribution in [0.3, 0.4) is 0 Å². The highest BCUT2D eigenvalue weighted by molar-refractivity contribution is 14.0. The van der Waals surface area contributed by atoms with Gasteiger partial charge in [0.15, 0.2) is 5.96 Å². The van der Waals surface area contributed by atoms with Gasteiger partial charge in [-0.1, -0.05) is 25.5 Å². The van der Waals surface area contributed by atoms with Gasteiger partial charge in [0.2, 0.25) is 5.91 Å². The molecule has 8 heteroatoms. The molecule has 1 aromatic carbocycles. The number of amides is 1. The highest BCUT2D eigenvalue weighted by Gasteiger charge is 2.22. The van der Waals surface area contributed by atoms with Crippen molar-refractivity contribution in [1.29, 1.82) is 0 Å². The van der Waals surface area contributed by atoms with Crippen molar-refractivity contribution in [1.82, 2.24) is 20.9 Å². The molecule has 2 unspecified atom stereocenters. The van der Waals surface area contributed by atoms with Crippen LogP contribution in [-0.4, -0.2) is 62.6 Å². The number of nitrogens with one attached hydrogen (secondary N) is 3. The van der Waals surface area contributed by atoms with Gasteiger partial charge in [0, 0.05) is 25.6 Å². The summed E-state index contributed by atoms with van der Waals surface area (Å²) in [6.07, 6.45) is 5.15. The van der Waals surface area contributed by atoms with Gasteiger partial charge < -0.3 is 20.7 Å².